The summed E-state index contributed by atoms with van der Waals surface area (Å²) in [6.45, 7) is 2.05. The monoisotopic (exact) mass is 332 g/mol. The average Bonchev–Trinajstić information content (AvgIpc) is 2.38. The molecule has 18 heavy (non-hydrogen) atoms. The van der Waals surface area contributed by atoms with E-state index in [4.69, 9.17) is 16.3 Å². The van der Waals surface area contributed by atoms with Crippen LogP contribution in [0.5, 0.6) is 0 Å². The molecule has 0 heterocycles. The fourth-order valence-electron chi connectivity index (χ4n) is 1.61. The highest BCUT2D eigenvalue weighted by atomic mass is 79.9. The van der Waals surface area contributed by atoms with E-state index in [1.165, 1.54) is 0 Å². The average molecular weight is 334 g/mol. The number of carbonyl (C=O) groups excluding carboxylic acids is 2. The van der Waals surface area contributed by atoms with Crippen LogP contribution in [0, 0.1) is 0 Å². The summed E-state index contributed by atoms with van der Waals surface area (Å²) >= 11 is 8.87. The molecule has 0 aliphatic carbocycles. The molecule has 1 aromatic rings. The van der Waals surface area contributed by atoms with Gasteiger partial charge in [-0.05, 0) is 18.6 Å². The second-order valence-electron chi connectivity index (χ2n) is 3.55. The zero-order valence-corrected chi connectivity index (χ0v) is 12.4. The molecule has 0 amide bonds. The molecule has 0 saturated heterocycles. The Hall–Kier alpha value is -0.870. The van der Waals surface area contributed by atoms with Gasteiger partial charge in [-0.2, -0.15) is 0 Å². The van der Waals surface area contributed by atoms with Crippen molar-refractivity contribution in [1.82, 2.24) is 0 Å². The van der Waals surface area contributed by atoms with Gasteiger partial charge in [0.15, 0.2) is 5.78 Å². The first kappa shape index (κ1) is 15.2. The molecule has 1 rings (SSSR count). The van der Waals surface area contributed by atoms with Crippen LogP contribution in [-0.4, -0.2) is 24.2 Å². The van der Waals surface area contributed by atoms with Crippen LogP contribution in [0.2, 0.25) is 0 Å². The molecule has 0 fully saturated rings. The lowest BCUT2D eigenvalue weighted by atomic mass is 9.98. The maximum Gasteiger partial charge on any atom is 0.338 e. The van der Waals surface area contributed by atoms with Crippen molar-refractivity contribution in [2.45, 2.75) is 18.7 Å². The summed E-state index contributed by atoms with van der Waals surface area (Å²) in [6, 6.07) is 5.04. The van der Waals surface area contributed by atoms with Gasteiger partial charge >= 0.3 is 5.97 Å². The van der Waals surface area contributed by atoms with Crippen LogP contribution in [0.3, 0.4) is 0 Å². The van der Waals surface area contributed by atoms with Crippen LogP contribution in [0.15, 0.2) is 18.2 Å². The Kier molecular flexibility index (Phi) is 6.36. The van der Waals surface area contributed by atoms with Crippen molar-refractivity contribution in [3.63, 3.8) is 0 Å². The molecule has 0 saturated carbocycles. The minimum atomic E-state index is -0.410. The molecule has 0 aromatic heterocycles. The van der Waals surface area contributed by atoms with E-state index in [-0.39, 0.29) is 18.1 Å². The molecule has 0 N–H and O–H groups in total. The lowest BCUT2D eigenvalue weighted by molar-refractivity contribution is 0.0525. The summed E-state index contributed by atoms with van der Waals surface area (Å²) in [7, 11) is 0. The van der Waals surface area contributed by atoms with Crippen LogP contribution < -0.4 is 0 Å². The van der Waals surface area contributed by atoms with E-state index in [1.807, 2.05) is 0 Å². The number of benzene rings is 1. The molecule has 0 spiro atoms. The first-order chi connectivity index (χ1) is 8.65. The van der Waals surface area contributed by atoms with Gasteiger partial charge in [-0.3, -0.25) is 4.79 Å². The van der Waals surface area contributed by atoms with Crippen LogP contribution in [0.25, 0.3) is 0 Å². The zero-order valence-electron chi connectivity index (χ0n) is 10.0. The third-order valence-corrected chi connectivity index (χ3v) is 3.18. The van der Waals surface area contributed by atoms with Crippen LogP contribution >= 0.6 is 27.5 Å². The normalized spacial score (nSPS) is 10.2. The molecular weight excluding hydrogens is 319 g/mol. The number of ether oxygens (including phenoxy) is 1. The van der Waals surface area contributed by atoms with Gasteiger partial charge in [-0.25, -0.2) is 4.79 Å². The predicted octanol–water partition coefficient (Wildman–Crippen LogP) is 3.57. The third kappa shape index (κ3) is 3.56. The first-order valence-corrected chi connectivity index (χ1v) is 7.25. The summed E-state index contributed by atoms with van der Waals surface area (Å²) in [6.07, 6.45) is 0.258. The van der Waals surface area contributed by atoms with Crippen molar-refractivity contribution in [1.29, 1.82) is 0 Å². The molecule has 0 radical (unpaired) electrons. The molecule has 3 nitrogen and oxygen atoms in total. The SMILES string of the molecule is CCOC(=O)c1cccc(C(=O)CCCl)c1CBr. The first-order valence-electron chi connectivity index (χ1n) is 5.59. The Balaban J connectivity index is 3.17. The van der Waals surface area contributed by atoms with E-state index >= 15 is 0 Å². The molecule has 98 valence electrons. The molecule has 0 atom stereocenters. The number of ketones is 1. The molecular formula is C13H14BrClO3. The van der Waals surface area contributed by atoms with Crippen molar-refractivity contribution < 1.29 is 14.3 Å². The lowest BCUT2D eigenvalue weighted by Crippen LogP contribution is -2.12. The third-order valence-electron chi connectivity index (χ3n) is 2.43. The Bertz CT molecular complexity index is 410. The number of hydrogen-bond acceptors (Lipinski definition) is 3. The fraction of sp³-hybridized carbons (Fsp3) is 0.385. The van der Waals surface area contributed by atoms with Gasteiger partial charge in [-0.15, -0.1) is 11.6 Å². The minimum Gasteiger partial charge on any atom is -0.462 e. The van der Waals surface area contributed by atoms with Crippen molar-refractivity contribution in [3.8, 4) is 0 Å². The number of esters is 1. The van der Waals surface area contributed by atoms with Crippen molar-refractivity contribution >= 4 is 39.3 Å². The smallest absolute Gasteiger partial charge is 0.338 e. The minimum absolute atomic E-state index is 0.0643. The topological polar surface area (TPSA) is 43.4 Å². The summed E-state index contributed by atoms with van der Waals surface area (Å²) < 4.78 is 4.97. The van der Waals surface area contributed by atoms with Crippen LogP contribution in [0.4, 0.5) is 0 Å². The second-order valence-corrected chi connectivity index (χ2v) is 4.49. The highest BCUT2D eigenvalue weighted by Gasteiger charge is 2.18. The number of alkyl halides is 2. The molecule has 1 aromatic carbocycles. The second kappa shape index (κ2) is 7.54. The largest absolute Gasteiger partial charge is 0.462 e. The van der Waals surface area contributed by atoms with E-state index in [0.29, 0.717) is 28.6 Å². The van der Waals surface area contributed by atoms with Gasteiger partial charge < -0.3 is 4.74 Å². The van der Waals surface area contributed by atoms with E-state index in [1.54, 1.807) is 25.1 Å². The van der Waals surface area contributed by atoms with E-state index in [2.05, 4.69) is 15.9 Å². The lowest BCUT2D eigenvalue weighted by Gasteiger charge is -2.11. The Morgan fingerprint density at radius 2 is 2.00 bits per heavy atom. The van der Waals surface area contributed by atoms with Gasteiger partial charge in [0.25, 0.3) is 0 Å². The fourth-order valence-corrected chi connectivity index (χ4v) is 2.39. The molecule has 5 heteroatoms. The van der Waals surface area contributed by atoms with Gasteiger partial charge in [0.2, 0.25) is 0 Å². The van der Waals surface area contributed by atoms with Gasteiger partial charge in [0.05, 0.1) is 12.2 Å². The van der Waals surface area contributed by atoms with Crippen LogP contribution in [0.1, 0.15) is 39.6 Å². The van der Waals surface area contributed by atoms with Crippen molar-refractivity contribution in [2.24, 2.45) is 0 Å². The molecule has 0 aliphatic heterocycles. The number of hydrogen-bond donors (Lipinski definition) is 0. The van der Waals surface area contributed by atoms with Crippen molar-refractivity contribution in [2.75, 3.05) is 12.5 Å². The Morgan fingerprint density at radius 3 is 2.56 bits per heavy atom. The number of halogens is 2. The molecule has 0 aliphatic rings. The summed E-state index contributed by atoms with van der Waals surface area (Å²) in [4.78, 5) is 23.7. The maximum absolute atomic E-state index is 11.9. The van der Waals surface area contributed by atoms with Gasteiger partial charge in [0.1, 0.15) is 0 Å². The summed E-state index contributed by atoms with van der Waals surface area (Å²) in [5, 5.41) is 0.422. The van der Waals surface area contributed by atoms with E-state index < -0.39 is 5.97 Å². The van der Waals surface area contributed by atoms with Crippen molar-refractivity contribution in [3.05, 3.63) is 34.9 Å². The molecule has 0 bridgehead atoms. The highest BCUT2D eigenvalue weighted by molar-refractivity contribution is 9.08. The van der Waals surface area contributed by atoms with E-state index in [9.17, 15) is 9.59 Å². The van der Waals surface area contributed by atoms with E-state index in [0.717, 1.165) is 0 Å². The number of rotatable bonds is 6. The Morgan fingerprint density at radius 1 is 1.33 bits per heavy atom. The maximum atomic E-state index is 11.9. The predicted molar refractivity (Wildman–Crippen MR) is 74.7 cm³/mol. The molecule has 0 unspecified atom stereocenters. The Labute approximate surface area is 120 Å². The standard InChI is InChI=1S/C13H14BrClO3/c1-2-18-13(17)10-5-3-4-9(11(10)8-14)12(16)6-7-15/h3-5H,2,6-8H2,1H3. The number of carbonyl (C=O) groups is 2. The zero-order chi connectivity index (χ0) is 13.5. The highest BCUT2D eigenvalue weighted by Crippen LogP contribution is 2.21. The summed E-state index contributed by atoms with van der Waals surface area (Å²) in [5.74, 6) is -0.206. The van der Waals surface area contributed by atoms with Gasteiger partial charge in [0, 0.05) is 23.2 Å². The van der Waals surface area contributed by atoms with Gasteiger partial charge in [-0.1, -0.05) is 28.1 Å². The summed E-state index contributed by atoms with van der Waals surface area (Å²) in [5.41, 5.74) is 1.61. The van der Waals surface area contributed by atoms with Crippen LogP contribution in [-0.2, 0) is 10.1 Å². The number of Topliss-reactive ketones (excluding diaryl/α,β-unsaturated/α-hetero) is 1. The quantitative estimate of drug-likeness (QED) is 0.454.